The van der Waals surface area contributed by atoms with Gasteiger partial charge in [-0.3, -0.25) is 4.79 Å². The van der Waals surface area contributed by atoms with Gasteiger partial charge >= 0.3 is 0 Å². The van der Waals surface area contributed by atoms with Crippen LogP contribution in [0.15, 0.2) is 36.4 Å². The summed E-state index contributed by atoms with van der Waals surface area (Å²) in [5.74, 6) is 0.716. The van der Waals surface area contributed by atoms with Crippen LogP contribution in [0.5, 0.6) is 0 Å². The van der Waals surface area contributed by atoms with Crippen molar-refractivity contribution < 1.29 is 9.18 Å². The highest BCUT2D eigenvalue weighted by molar-refractivity contribution is 5.78. The highest BCUT2D eigenvalue weighted by Crippen LogP contribution is 2.18. The van der Waals surface area contributed by atoms with E-state index in [1.807, 2.05) is 29.0 Å². The van der Waals surface area contributed by atoms with Gasteiger partial charge in [0.1, 0.15) is 5.82 Å². The molecule has 2 aromatic rings. The molecule has 1 saturated heterocycles. The Hall–Kier alpha value is -2.50. The Morgan fingerprint density at radius 2 is 1.96 bits per heavy atom. The summed E-state index contributed by atoms with van der Waals surface area (Å²) in [6.07, 6.45) is 1.62. The van der Waals surface area contributed by atoms with Crippen LogP contribution in [0.25, 0.3) is 11.3 Å². The minimum Gasteiger partial charge on any atom is -0.356 e. The molecule has 0 unspecified atom stereocenters. The number of hydrogen-bond donors (Lipinski definition) is 0. The Kier molecular flexibility index (Phi) is 4.50. The van der Waals surface area contributed by atoms with Gasteiger partial charge in [0.15, 0.2) is 5.82 Å². The van der Waals surface area contributed by atoms with E-state index >= 15 is 0 Å². The predicted molar refractivity (Wildman–Crippen MR) is 86.5 cm³/mol. The van der Waals surface area contributed by atoms with Crippen molar-refractivity contribution in [2.45, 2.75) is 12.8 Å². The number of amides is 1. The number of rotatable bonds is 5. The third-order valence-corrected chi connectivity index (χ3v) is 4.06. The zero-order chi connectivity index (χ0) is 16.2. The minimum atomic E-state index is -0.269. The lowest BCUT2D eigenvalue weighted by atomic mass is 10.1. The number of nitrogens with zero attached hydrogens (tertiary/aromatic N) is 4. The first-order valence-corrected chi connectivity index (χ1v) is 7.72. The third-order valence-electron chi connectivity index (χ3n) is 4.06. The molecule has 3 rings (SSSR count). The first-order valence-electron chi connectivity index (χ1n) is 7.72. The van der Waals surface area contributed by atoms with Crippen molar-refractivity contribution >= 4 is 11.7 Å². The summed E-state index contributed by atoms with van der Waals surface area (Å²) in [7, 11) is 1.93. The summed E-state index contributed by atoms with van der Waals surface area (Å²) < 4.78 is 12.9. The Balaban J connectivity index is 1.62. The highest BCUT2D eigenvalue weighted by atomic mass is 19.1. The van der Waals surface area contributed by atoms with Gasteiger partial charge in [-0.25, -0.2) is 4.39 Å². The molecule has 6 heteroatoms. The molecular weight excluding hydrogens is 295 g/mol. The molecule has 2 heterocycles. The Morgan fingerprint density at radius 3 is 2.57 bits per heavy atom. The van der Waals surface area contributed by atoms with Crippen molar-refractivity contribution in [3.63, 3.8) is 0 Å². The maximum Gasteiger partial charge on any atom is 0.222 e. The number of hydrogen-bond acceptors (Lipinski definition) is 4. The zero-order valence-corrected chi connectivity index (χ0v) is 13.1. The topological polar surface area (TPSA) is 49.3 Å². The molecule has 120 valence electrons. The van der Waals surface area contributed by atoms with E-state index in [1.54, 1.807) is 12.1 Å². The number of carbonyl (C=O) groups excluding carboxylic acids is 1. The summed E-state index contributed by atoms with van der Waals surface area (Å²) in [5, 5.41) is 8.42. The van der Waals surface area contributed by atoms with Crippen molar-refractivity contribution in [3.05, 3.63) is 42.2 Å². The summed E-state index contributed by atoms with van der Waals surface area (Å²) in [6.45, 7) is 2.27. The molecule has 0 saturated carbocycles. The molecule has 5 nitrogen and oxygen atoms in total. The molecular formula is C17H19FN4O. The Labute approximate surface area is 134 Å². The first-order chi connectivity index (χ1) is 11.1. The molecule has 0 aliphatic carbocycles. The number of benzene rings is 1. The van der Waals surface area contributed by atoms with Crippen molar-refractivity contribution in [3.8, 4) is 11.3 Å². The number of likely N-dealkylation sites (N-methyl/N-ethyl adjacent to an activating group) is 1. The van der Waals surface area contributed by atoms with Crippen LogP contribution in [-0.2, 0) is 4.79 Å². The Bertz CT molecular complexity index is 672. The lowest BCUT2D eigenvalue weighted by Crippen LogP contribution is -2.34. The van der Waals surface area contributed by atoms with Crippen LogP contribution in [0.2, 0.25) is 0 Å². The van der Waals surface area contributed by atoms with E-state index in [0.717, 1.165) is 30.9 Å². The quantitative estimate of drug-likeness (QED) is 0.850. The summed E-state index contributed by atoms with van der Waals surface area (Å²) in [5.41, 5.74) is 1.53. The van der Waals surface area contributed by atoms with E-state index in [9.17, 15) is 9.18 Å². The van der Waals surface area contributed by atoms with Gasteiger partial charge in [-0.05, 0) is 42.8 Å². The number of likely N-dealkylation sites (tertiary alicyclic amines) is 1. The molecule has 0 N–H and O–H groups in total. The van der Waals surface area contributed by atoms with Crippen LogP contribution < -0.4 is 4.90 Å². The summed E-state index contributed by atoms with van der Waals surface area (Å²) in [6, 6.07) is 9.93. The van der Waals surface area contributed by atoms with Crippen LogP contribution in [0, 0.1) is 5.82 Å². The van der Waals surface area contributed by atoms with Crippen LogP contribution in [0.1, 0.15) is 12.8 Å². The Morgan fingerprint density at radius 1 is 1.17 bits per heavy atom. The fraction of sp³-hybridized carbons (Fsp3) is 0.353. The van der Waals surface area contributed by atoms with Crippen LogP contribution >= 0.6 is 0 Å². The molecule has 1 aliphatic heterocycles. The second kappa shape index (κ2) is 6.73. The minimum absolute atomic E-state index is 0.233. The largest absolute Gasteiger partial charge is 0.356 e. The molecule has 1 aliphatic rings. The number of halogens is 1. The fourth-order valence-electron chi connectivity index (χ4n) is 2.63. The van der Waals surface area contributed by atoms with E-state index in [-0.39, 0.29) is 11.7 Å². The van der Waals surface area contributed by atoms with Crippen LogP contribution in [-0.4, -0.2) is 47.7 Å². The first kappa shape index (κ1) is 15.4. The molecule has 23 heavy (non-hydrogen) atoms. The lowest BCUT2D eigenvalue weighted by molar-refractivity contribution is -0.127. The van der Waals surface area contributed by atoms with Crippen molar-refractivity contribution in [1.29, 1.82) is 0 Å². The second-order valence-electron chi connectivity index (χ2n) is 5.69. The average Bonchev–Trinajstić information content (AvgIpc) is 2.99. The molecule has 0 radical (unpaired) electrons. The number of aromatic nitrogens is 2. The second-order valence-corrected chi connectivity index (χ2v) is 5.69. The molecule has 1 fully saturated rings. The smallest absolute Gasteiger partial charge is 0.222 e. The zero-order valence-electron chi connectivity index (χ0n) is 13.1. The van der Waals surface area contributed by atoms with E-state index in [1.165, 1.54) is 12.1 Å². The van der Waals surface area contributed by atoms with Crippen molar-refractivity contribution in [2.75, 3.05) is 31.6 Å². The maximum atomic E-state index is 12.9. The SMILES string of the molecule is CN(CCN1CCCC1=O)c1ccc(-c2ccc(F)cc2)nn1. The van der Waals surface area contributed by atoms with Gasteiger partial charge in [-0.2, -0.15) is 0 Å². The monoisotopic (exact) mass is 314 g/mol. The van der Waals surface area contributed by atoms with Crippen LogP contribution in [0.3, 0.4) is 0 Å². The average molecular weight is 314 g/mol. The van der Waals surface area contributed by atoms with Gasteiger partial charge in [-0.1, -0.05) is 0 Å². The van der Waals surface area contributed by atoms with Crippen molar-refractivity contribution in [2.24, 2.45) is 0 Å². The maximum absolute atomic E-state index is 12.9. The van der Waals surface area contributed by atoms with Gasteiger partial charge in [0, 0.05) is 38.7 Å². The van der Waals surface area contributed by atoms with Gasteiger partial charge in [-0.15, -0.1) is 10.2 Å². The van der Waals surface area contributed by atoms with Gasteiger partial charge in [0.2, 0.25) is 5.91 Å². The standard InChI is InChI=1S/C17H19FN4O/c1-21(11-12-22-10-2-3-17(22)23)16-9-8-15(19-20-16)13-4-6-14(18)7-5-13/h4-9H,2-3,10-12H2,1H3. The van der Waals surface area contributed by atoms with E-state index in [2.05, 4.69) is 10.2 Å². The van der Waals surface area contributed by atoms with Crippen LogP contribution in [0.4, 0.5) is 10.2 Å². The van der Waals surface area contributed by atoms with E-state index < -0.39 is 0 Å². The molecule has 0 atom stereocenters. The van der Waals surface area contributed by atoms with Gasteiger partial charge < -0.3 is 9.80 Å². The fourth-order valence-corrected chi connectivity index (χ4v) is 2.63. The third kappa shape index (κ3) is 3.64. The summed E-state index contributed by atoms with van der Waals surface area (Å²) in [4.78, 5) is 15.5. The molecule has 0 bridgehead atoms. The molecule has 1 aromatic carbocycles. The lowest BCUT2D eigenvalue weighted by Gasteiger charge is -2.22. The van der Waals surface area contributed by atoms with Crippen molar-refractivity contribution in [1.82, 2.24) is 15.1 Å². The molecule has 0 spiro atoms. The number of carbonyl (C=O) groups is 1. The highest BCUT2D eigenvalue weighted by Gasteiger charge is 2.20. The molecule has 1 amide bonds. The molecule has 1 aromatic heterocycles. The van der Waals surface area contributed by atoms with E-state index in [4.69, 9.17) is 0 Å². The van der Waals surface area contributed by atoms with Gasteiger partial charge in [0.05, 0.1) is 5.69 Å². The normalized spacial score (nSPS) is 14.3. The predicted octanol–water partition coefficient (Wildman–Crippen LogP) is 2.34. The number of anilines is 1. The van der Waals surface area contributed by atoms with Gasteiger partial charge in [0.25, 0.3) is 0 Å². The van der Waals surface area contributed by atoms with E-state index in [0.29, 0.717) is 18.7 Å². The summed E-state index contributed by atoms with van der Waals surface area (Å²) >= 11 is 0.